The summed E-state index contributed by atoms with van der Waals surface area (Å²) in [5.74, 6) is 0.211. The Kier molecular flexibility index (Phi) is 5.53. The molecule has 0 saturated carbocycles. The Morgan fingerprint density at radius 1 is 1.17 bits per heavy atom. The standard InChI is InChI=1S/C21H22N2O5S/c1-27-20(25)13-7-9-14(10-8-13)28-12-4-11-23-19(24)17-15-5-2-3-6-16(15)29-18(17)22-21(23)26/h7-10H,2-6,11-12H2,1H3,(H,22,26). The lowest BCUT2D eigenvalue weighted by Gasteiger charge is -2.10. The number of methoxy groups -OCH3 is 1. The number of aryl methyl sites for hydroxylation is 2. The molecule has 7 nitrogen and oxygen atoms in total. The van der Waals surface area contributed by atoms with Gasteiger partial charge in [0.25, 0.3) is 5.56 Å². The van der Waals surface area contributed by atoms with E-state index in [0.717, 1.165) is 31.2 Å². The molecule has 3 aromatic rings. The number of esters is 1. The fourth-order valence-corrected chi connectivity index (χ4v) is 4.96. The van der Waals surface area contributed by atoms with Crippen molar-refractivity contribution >= 4 is 27.5 Å². The molecule has 1 aliphatic carbocycles. The molecule has 0 spiro atoms. The molecule has 4 rings (SSSR count). The number of nitrogens with zero attached hydrogens (tertiary/aromatic N) is 1. The van der Waals surface area contributed by atoms with E-state index in [0.29, 0.717) is 34.6 Å². The van der Waals surface area contributed by atoms with Gasteiger partial charge < -0.3 is 9.47 Å². The number of hydrogen-bond acceptors (Lipinski definition) is 6. The summed E-state index contributed by atoms with van der Waals surface area (Å²) in [4.78, 5) is 41.6. The van der Waals surface area contributed by atoms with Crippen LogP contribution in [0.4, 0.5) is 0 Å². The van der Waals surface area contributed by atoms with Crippen LogP contribution >= 0.6 is 11.3 Å². The quantitative estimate of drug-likeness (QED) is 0.495. The molecule has 29 heavy (non-hydrogen) atoms. The Labute approximate surface area is 170 Å². The van der Waals surface area contributed by atoms with Crippen LogP contribution in [0.25, 0.3) is 10.2 Å². The Bertz CT molecular complexity index is 1160. The first-order valence-corrected chi connectivity index (χ1v) is 10.5. The van der Waals surface area contributed by atoms with Crippen molar-refractivity contribution < 1.29 is 14.3 Å². The van der Waals surface area contributed by atoms with Crippen molar-refractivity contribution in [2.75, 3.05) is 13.7 Å². The number of aromatic nitrogens is 2. The summed E-state index contributed by atoms with van der Waals surface area (Å²) < 4.78 is 11.6. The van der Waals surface area contributed by atoms with Crippen molar-refractivity contribution in [3.63, 3.8) is 0 Å². The van der Waals surface area contributed by atoms with Crippen molar-refractivity contribution in [3.8, 4) is 5.75 Å². The SMILES string of the molecule is COC(=O)c1ccc(OCCCn2c(=O)[nH]c3sc4c(c3c2=O)CCCC4)cc1. The van der Waals surface area contributed by atoms with E-state index in [1.54, 1.807) is 35.6 Å². The van der Waals surface area contributed by atoms with Crippen LogP contribution in [0, 0.1) is 0 Å². The highest BCUT2D eigenvalue weighted by molar-refractivity contribution is 7.18. The Morgan fingerprint density at radius 3 is 2.69 bits per heavy atom. The van der Waals surface area contributed by atoms with Crippen LogP contribution in [-0.2, 0) is 24.1 Å². The Hall–Kier alpha value is -2.87. The summed E-state index contributed by atoms with van der Waals surface area (Å²) >= 11 is 1.54. The van der Waals surface area contributed by atoms with Gasteiger partial charge >= 0.3 is 11.7 Å². The third-order valence-electron chi connectivity index (χ3n) is 5.17. The molecule has 0 amide bonds. The third kappa shape index (κ3) is 3.85. The highest BCUT2D eigenvalue weighted by atomic mass is 32.1. The Balaban J connectivity index is 1.44. The summed E-state index contributed by atoms with van der Waals surface area (Å²) in [5, 5.41) is 0.684. The van der Waals surface area contributed by atoms with Gasteiger partial charge in [0.2, 0.25) is 0 Å². The summed E-state index contributed by atoms with van der Waals surface area (Å²) in [5.41, 5.74) is 0.993. The van der Waals surface area contributed by atoms with Crippen LogP contribution in [0.15, 0.2) is 33.9 Å². The summed E-state index contributed by atoms with van der Waals surface area (Å²) in [7, 11) is 1.33. The van der Waals surface area contributed by atoms with Gasteiger partial charge in [-0.15, -0.1) is 11.3 Å². The zero-order chi connectivity index (χ0) is 20.4. The minimum absolute atomic E-state index is 0.203. The summed E-state index contributed by atoms with van der Waals surface area (Å²) in [6.07, 6.45) is 4.62. The predicted octanol–water partition coefficient (Wildman–Crippen LogP) is 2.89. The van der Waals surface area contributed by atoms with E-state index in [2.05, 4.69) is 9.72 Å². The van der Waals surface area contributed by atoms with E-state index in [9.17, 15) is 14.4 Å². The number of hydrogen-bond donors (Lipinski definition) is 1. The normalized spacial score (nSPS) is 13.3. The minimum Gasteiger partial charge on any atom is -0.494 e. The number of aromatic amines is 1. The van der Waals surface area contributed by atoms with Crippen molar-refractivity contribution in [2.45, 2.75) is 38.6 Å². The second-order valence-electron chi connectivity index (χ2n) is 7.02. The van der Waals surface area contributed by atoms with Crippen molar-refractivity contribution in [1.82, 2.24) is 9.55 Å². The molecule has 2 aromatic heterocycles. The van der Waals surface area contributed by atoms with Crippen LogP contribution < -0.4 is 16.0 Å². The van der Waals surface area contributed by atoms with Crippen LogP contribution in [0.3, 0.4) is 0 Å². The number of fused-ring (bicyclic) bond motifs is 3. The molecule has 0 fully saturated rings. The van der Waals surface area contributed by atoms with Gasteiger partial charge in [-0.05, 0) is 61.9 Å². The smallest absolute Gasteiger partial charge is 0.337 e. The van der Waals surface area contributed by atoms with Gasteiger partial charge in [-0.3, -0.25) is 14.3 Å². The van der Waals surface area contributed by atoms with Gasteiger partial charge in [0, 0.05) is 11.4 Å². The molecular weight excluding hydrogens is 392 g/mol. The van der Waals surface area contributed by atoms with Crippen LogP contribution in [0.5, 0.6) is 5.75 Å². The lowest BCUT2D eigenvalue weighted by molar-refractivity contribution is 0.0600. The zero-order valence-electron chi connectivity index (χ0n) is 16.2. The molecule has 1 N–H and O–H groups in total. The summed E-state index contributed by atoms with van der Waals surface area (Å²) in [6.45, 7) is 0.637. The van der Waals surface area contributed by atoms with E-state index in [4.69, 9.17) is 4.74 Å². The third-order valence-corrected chi connectivity index (χ3v) is 6.37. The zero-order valence-corrected chi connectivity index (χ0v) is 17.0. The van der Waals surface area contributed by atoms with Gasteiger partial charge in [-0.1, -0.05) is 0 Å². The maximum Gasteiger partial charge on any atom is 0.337 e. The first kappa shape index (κ1) is 19.4. The largest absolute Gasteiger partial charge is 0.494 e. The maximum absolute atomic E-state index is 12.9. The lowest BCUT2D eigenvalue weighted by Crippen LogP contribution is -2.35. The van der Waals surface area contributed by atoms with E-state index in [-0.39, 0.29) is 17.8 Å². The topological polar surface area (TPSA) is 90.4 Å². The monoisotopic (exact) mass is 414 g/mol. The van der Waals surface area contributed by atoms with Crippen molar-refractivity contribution in [2.24, 2.45) is 0 Å². The number of nitrogens with one attached hydrogen (secondary N) is 1. The number of H-pyrrole nitrogens is 1. The fourth-order valence-electron chi connectivity index (χ4n) is 3.69. The molecule has 152 valence electrons. The molecule has 0 radical (unpaired) electrons. The number of ether oxygens (including phenoxy) is 2. The number of thiophene rings is 1. The number of benzene rings is 1. The first-order chi connectivity index (χ1) is 14.1. The minimum atomic E-state index is -0.402. The van der Waals surface area contributed by atoms with Gasteiger partial charge in [0.1, 0.15) is 10.6 Å². The molecule has 0 aliphatic heterocycles. The number of carbonyl (C=O) groups is 1. The molecule has 0 bridgehead atoms. The highest BCUT2D eigenvalue weighted by Crippen LogP contribution is 2.32. The van der Waals surface area contributed by atoms with E-state index < -0.39 is 5.97 Å². The van der Waals surface area contributed by atoms with Crippen LogP contribution in [0.1, 0.15) is 40.1 Å². The second-order valence-corrected chi connectivity index (χ2v) is 8.13. The van der Waals surface area contributed by atoms with Crippen molar-refractivity contribution in [1.29, 1.82) is 0 Å². The molecular formula is C21H22N2O5S. The molecule has 1 aromatic carbocycles. The number of rotatable bonds is 6. The van der Waals surface area contributed by atoms with Crippen LogP contribution in [-0.4, -0.2) is 29.2 Å². The molecule has 2 heterocycles. The molecule has 0 atom stereocenters. The molecule has 1 aliphatic rings. The van der Waals surface area contributed by atoms with Gasteiger partial charge in [0.15, 0.2) is 0 Å². The first-order valence-electron chi connectivity index (χ1n) is 9.67. The van der Waals surface area contributed by atoms with Gasteiger partial charge in [-0.2, -0.15) is 0 Å². The van der Waals surface area contributed by atoms with Gasteiger partial charge in [0.05, 0.1) is 24.7 Å². The van der Waals surface area contributed by atoms with E-state index >= 15 is 0 Å². The second kappa shape index (κ2) is 8.24. The highest BCUT2D eigenvalue weighted by Gasteiger charge is 2.20. The average molecular weight is 414 g/mol. The fraction of sp³-hybridized carbons (Fsp3) is 0.381. The van der Waals surface area contributed by atoms with Crippen molar-refractivity contribution in [3.05, 3.63) is 61.1 Å². The van der Waals surface area contributed by atoms with Gasteiger partial charge in [-0.25, -0.2) is 9.59 Å². The molecule has 0 unspecified atom stereocenters. The predicted molar refractivity (Wildman–Crippen MR) is 111 cm³/mol. The maximum atomic E-state index is 12.9. The lowest BCUT2D eigenvalue weighted by atomic mass is 9.97. The Morgan fingerprint density at radius 2 is 1.93 bits per heavy atom. The number of carbonyl (C=O) groups excluding carboxylic acids is 1. The van der Waals surface area contributed by atoms with E-state index in [1.165, 1.54) is 16.6 Å². The average Bonchev–Trinajstić information content (AvgIpc) is 3.11. The molecule has 0 saturated heterocycles. The summed E-state index contributed by atoms with van der Waals surface area (Å²) in [6, 6.07) is 6.64. The van der Waals surface area contributed by atoms with Crippen LogP contribution in [0.2, 0.25) is 0 Å². The van der Waals surface area contributed by atoms with E-state index in [1.807, 2.05) is 0 Å². The molecule has 8 heteroatoms.